The van der Waals surface area contributed by atoms with Crippen LogP contribution in [0, 0.1) is 11.8 Å². The summed E-state index contributed by atoms with van der Waals surface area (Å²) in [5.41, 5.74) is 1.32. The fourth-order valence-electron chi connectivity index (χ4n) is 4.95. The fraction of sp³-hybridized carbons (Fsp3) is 0.429. The molecule has 1 saturated heterocycles. The van der Waals surface area contributed by atoms with E-state index >= 15 is 4.39 Å². The number of pyridine rings is 1. The molecule has 1 aliphatic rings. The summed E-state index contributed by atoms with van der Waals surface area (Å²) in [6.07, 6.45) is 3.13. The number of carboxylic acid groups (broad SMARTS) is 1. The second-order valence-corrected chi connectivity index (χ2v) is 10.3. The molecule has 1 aliphatic heterocycles. The first-order valence-corrected chi connectivity index (χ1v) is 13.2. The third kappa shape index (κ3) is 6.73. The van der Waals surface area contributed by atoms with Crippen molar-refractivity contribution in [2.45, 2.75) is 36.8 Å². The highest BCUT2D eigenvalue weighted by molar-refractivity contribution is 7.99. The zero-order chi connectivity index (χ0) is 24.6. The van der Waals surface area contributed by atoms with Gasteiger partial charge in [0.15, 0.2) is 0 Å². The van der Waals surface area contributed by atoms with E-state index in [2.05, 4.69) is 22.0 Å². The van der Waals surface area contributed by atoms with Gasteiger partial charge >= 0.3 is 5.97 Å². The van der Waals surface area contributed by atoms with E-state index in [1.807, 2.05) is 48.2 Å². The Labute approximate surface area is 210 Å². The number of methoxy groups -OCH3 is 1. The van der Waals surface area contributed by atoms with Gasteiger partial charge in [-0.3, -0.25) is 9.78 Å². The SMILES string of the molecule is COc1ccc2nccc([C@@H](F)CC[C@@H]3CCN(CCCSc4ccccc4)C[C@@H]3C(=O)O)c2c1. The molecule has 5 nitrogen and oxygen atoms in total. The number of likely N-dealkylation sites (tertiary alicyclic amines) is 1. The Kier molecular flexibility index (Phi) is 8.99. The Morgan fingerprint density at radius 3 is 2.86 bits per heavy atom. The van der Waals surface area contributed by atoms with Crippen LogP contribution in [0.2, 0.25) is 0 Å². The molecule has 0 saturated carbocycles. The number of hydrogen-bond acceptors (Lipinski definition) is 5. The number of halogens is 1. The van der Waals surface area contributed by atoms with Crippen molar-refractivity contribution in [2.75, 3.05) is 32.5 Å². The topological polar surface area (TPSA) is 62.7 Å². The predicted molar refractivity (Wildman–Crippen MR) is 139 cm³/mol. The van der Waals surface area contributed by atoms with Crippen molar-refractivity contribution in [1.82, 2.24) is 9.88 Å². The molecule has 1 fully saturated rings. The molecule has 0 radical (unpaired) electrons. The number of carbonyl (C=O) groups is 1. The van der Waals surface area contributed by atoms with Gasteiger partial charge in [0.25, 0.3) is 0 Å². The highest BCUT2D eigenvalue weighted by Crippen LogP contribution is 2.35. The second kappa shape index (κ2) is 12.4. The molecule has 7 heteroatoms. The summed E-state index contributed by atoms with van der Waals surface area (Å²) in [4.78, 5) is 19.9. The van der Waals surface area contributed by atoms with Crippen LogP contribution in [0.4, 0.5) is 4.39 Å². The van der Waals surface area contributed by atoms with Crippen LogP contribution >= 0.6 is 11.8 Å². The molecule has 0 unspecified atom stereocenters. The van der Waals surface area contributed by atoms with E-state index < -0.39 is 18.1 Å². The molecule has 0 aliphatic carbocycles. The number of ether oxygens (including phenoxy) is 1. The van der Waals surface area contributed by atoms with Gasteiger partial charge in [-0.15, -0.1) is 11.8 Å². The molecule has 3 atom stereocenters. The minimum absolute atomic E-state index is 0.0108. The van der Waals surface area contributed by atoms with Gasteiger partial charge < -0.3 is 14.7 Å². The van der Waals surface area contributed by atoms with E-state index in [1.54, 1.807) is 19.4 Å². The van der Waals surface area contributed by atoms with Crippen molar-refractivity contribution in [2.24, 2.45) is 11.8 Å². The van der Waals surface area contributed by atoms with E-state index in [9.17, 15) is 9.90 Å². The first kappa shape index (κ1) is 25.5. The Morgan fingerprint density at radius 2 is 2.09 bits per heavy atom. The molecule has 0 amide bonds. The van der Waals surface area contributed by atoms with Crippen LogP contribution in [-0.2, 0) is 4.79 Å². The lowest BCUT2D eigenvalue weighted by Gasteiger charge is -2.36. The normalized spacial score (nSPS) is 19.5. The number of hydrogen-bond donors (Lipinski definition) is 1. The molecular weight excluding hydrogens is 463 g/mol. The molecule has 3 aromatic rings. The van der Waals surface area contributed by atoms with Gasteiger partial charge in [0, 0.05) is 23.0 Å². The van der Waals surface area contributed by atoms with Crippen molar-refractivity contribution < 1.29 is 19.0 Å². The fourth-order valence-corrected chi connectivity index (χ4v) is 5.81. The molecule has 0 bridgehead atoms. The molecule has 35 heavy (non-hydrogen) atoms. The van der Waals surface area contributed by atoms with E-state index in [0.29, 0.717) is 30.7 Å². The Morgan fingerprint density at radius 1 is 1.26 bits per heavy atom. The first-order valence-electron chi connectivity index (χ1n) is 12.2. The van der Waals surface area contributed by atoms with E-state index in [-0.39, 0.29) is 5.92 Å². The lowest BCUT2D eigenvalue weighted by atomic mass is 9.81. The van der Waals surface area contributed by atoms with E-state index in [4.69, 9.17) is 4.74 Å². The summed E-state index contributed by atoms with van der Waals surface area (Å²) in [7, 11) is 1.59. The minimum Gasteiger partial charge on any atom is -0.497 e. The first-order chi connectivity index (χ1) is 17.0. The van der Waals surface area contributed by atoms with Gasteiger partial charge in [-0.2, -0.15) is 0 Å². The molecule has 4 rings (SSSR count). The number of benzene rings is 2. The van der Waals surface area contributed by atoms with Crippen molar-refractivity contribution in [1.29, 1.82) is 0 Å². The van der Waals surface area contributed by atoms with E-state index in [1.165, 1.54) is 4.90 Å². The minimum atomic E-state index is -1.17. The van der Waals surface area contributed by atoms with Crippen LogP contribution < -0.4 is 4.74 Å². The van der Waals surface area contributed by atoms with Crippen LogP contribution in [0.3, 0.4) is 0 Å². The molecule has 2 heterocycles. The highest BCUT2D eigenvalue weighted by Gasteiger charge is 2.34. The van der Waals surface area contributed by atoms with Gasteiger partial charge in [-0.1, -0.05) is 18.2 Å². The summed E-state index contributed by atoms with van der Waals surface area (Å²) in [6, 6.07) is 17.5. The van der Waals surface area contributed by atoms with Crippen LogP contribution in [0.15, 0.2) is 65.7 Å². The number of nitrogens with zero attached hydrogens (tertiary/aromatic N) is 2. The molecular formula is C28H33FN2O3S. The number of fused-ring (bicyclic) bond motifs is 1. The zero-order valence-corrected chi connectivity index (χ0v) is 20.9. The average molecular weight is 497 g/mol. The number of carboxylic acids is 1. The lowest BCUT2D eigenvalue weighted by Crippen LogP contribution is -2.44. The molecule has 1 aromatic heterocycles. The summed E-state index contributed by atoms with van der Waals surface area (Å²) < 4.78 is 20.7. The van der Waals surface area contributed by atoms with E-state index in [0.717, 1.165) is 42.6 Å². The smallest absolute Gasteiger partial charge is 0.308 e. The Bertz CT molecular complexity index is 1110. The average Bonchev–Trinajstić information content (AvgIpc) is 2.89. The van der Waals surface area contributed by atoms with Crippen LogP contribution in [0.25, 0.3) is 10.9 Å². The summed E-state index contributed by atoms with van der Waals surface area (Å²) in [5.74, 6) is 0.443. The summed E-state index contributed by atoms with van der Waals surface area (Å²) in [6.45, 7) is 2.31. The number of thioether (sulfide) groups is 1. The van der Waals surface area contributed by atoms with Crippen LogP contribution in [-0.4, -0.2) is 53.5 Å². The maximum atomic E-state index is 15.4. The van der Waals surface area contributed by atoms with Crippen molar-refractivity contribution in [3.05, 3.63) is 66.4 Å². The molecule has 2 aromatic carbocycles. The Balaban J connectivity index is 1.30. The van der Waals surface area contributed by atoms with Crippen molar-refractivity contribution in [3.8, 4) is 5.75 Å². The molecule has 186 valence electrons. The second-order valence-electron chi connectivity index (χ2n) is 9.14. The van der Waals surface area contributed by atoms with Crippen LogP contribution in [0.1, 0.15) is 37.4 Å². The monoisotopic (exact) mass is 496 g/mol. The predicted octanol–water partition coefficient (Wildman–Crippen LogP) is 6.24. The van der Waals surface area contributed by atoms with Gasteiger partial charge in [0.2, 0.25) is 0 Å². The van der Waals surface area contributed by atoms with Gasteiger partial charge in [0.1, 0.15) is 11.9 Å². The maximum Gasteiger partial charge on any atom is 0.308 e. The molecule has 0 spiro atoms. The van der Waals surface area contributed by atoms with Gasteiger partial charge in [-0.25, -0.2) is 4.39 Å². The van der Waals surface area contributed by atoms with Gasteiger partial charge in [0.05, 0.1) is 18.5 Å². The summed E-state index contributed by atoms with van der Waals surface area (Å²) >= 11 is 1.83. The number of alkyl halides is 1. The van der Waals surface area contributed by atoms with Gasteiger partial charge in [-0.05, 0) is 92.4 Å². The third-order valence-corrected chi connectivity index (χ3v) is 8.00. The largest absolute Gasteiger partial charge is 0.497 e. The van der Waals surface area contributed by atoms with Crippen LogP contribution in [0.5, 0.6) is 5.75 Å². The third-order valence-electron chi connectivity index (χ3n) is 6.90. The zero-order valence-electron chi connectivity index (χ0n) is 20.1. The van der Waals surface area contributed by atoms with Crippen molar-refractivity contribution >= 4 is 28.6 Å². The Hall–Kier alpha value is -2.64. The lowest BCUT2D eigenvalue weighted by molar-refractivity contribution is -0.146. The molecule has 1 N–H and O–H groups in total. The maximum absolute atomic E-state index is 15.4. The van der Waals surface area contributed by atoms with Crippen molar-refractivity contribution in [3.63, 3.8) is 0 Å². The standard InChI is InChI=1S/C28H33FN2O3S/c1-34-21-9-11-27-24(18-21)23(12-14-30-27)26(29)10-8-20-13-16-31(19-25(20)28(32)33)15-5-17-35-22-6-3-2-4-7-22/h2-4,6-7,9,11-12,14,18,20,25-26H,5,8,10,13,15-17,19H2,1H3,(H,32,33)/t20-,25+,26+/m1/s1. The number of rotatable bonds is 11. The number of aromatic nitrogens is 1. The quantitative estimate of drug-likeness (QED) is 0.250. The highest BCUT2D eigenvalue weighted by atomic mass is 32.2. The number of piperidine rings is 1. The number of aliphatic carboxylic acids is 1. The summed E-state index contributed by atoms with van der Waals surface area (Å²) in [5, 5.41) is 10.6.